The van der Waals surface area contributed by atoms with Gasteiger partial charge in [0.25, 0.3) is 0 Å². The fraction of sp³-hybridized carbons (Fsp3) is 0.500. The van der Waals surface area contributed by atoms with E-state index in [1.807, 2.05) is 0 Å². The quantitative estimate of drug-likeness (QED) is 0.725. The predicted octanol–water partition coefficient (Wildman–Crippen LogP) is 0.297. The number of rotatable bonds is 7. The van der Waals surface area contributed by atoms with Crippen LogP contribution < -0.4 is 0 Å². The molecule has 0 fully saturated rings. The maximum atomic E-state index is 12.5. The van der Waals surface area contributed by atoms with Gasteiger partial charge in [-0.05, 0) is 12.5 Å². The molecule has 0 radical (unpaired) electrons. The molecule has 0 aliphatic carbocycles. The van der Waals surface area contributed by atoms with Gasteiger partial charge in [-0.25, -0.2) is 13.2 Å². The lowest BCUT2D eigenvalue weighted by molar-refractivity contribution is -0.140. The van der Waals surface area contributed by atoms with Crippen LogP contribution in [-0.2, 0) is 26.6 Å². The molecule has 8 nitrogen and oxygen atoms in total. The Morgan fingerprint density at radius 3 is 2.48 bits per heavy atom. The minimum absolute atomic E-state index is 0.134. The Labute approximate surface area is 123 Å². The summed E-state index contributed by atoms with van der Waals surface area (Å²) in [5.74, 6) is -1.91. The highest BCUT2D eigenvalue weighted by atomic mass is 32.2. The molecule has 0 aromatic carbocycles. The van der Waals surface area contributed by atoms with Crippen molar-refractivity contribution in [2.75, 3.05) is 20.2 Å². The second-order valence-electron chi connectivity index (χ2n) is 4.39. The van der Waals surface area contributed by atoms with E-state index in [9.17, 15) is 18.0 Å². The number of esters is 1. The van der Waals surface area contributed by atoms with Crippen LogP contribution >= 0.6 is 0 Å². The molecule has 0 saturated carbocycles. The lowest BCUT2D eigenvalue weighted by atomic mass is 10.4. The van der Waals surface area contributed by atoms with Gasteiger partial charge in [-0.1, -0.05) is 6.92 Å². The van der Waals surface area contributed by atoms with E-state index >= 15 is 0 Å². The third-order valence-corrected chi connectivity index (χ3v) is 4.65. The van der Waals surface area contributed by atoms with Gasteiger partial charge < -0.3 is 14.4 Å². The second kappa shape index (κ2) is 6.72. The Kier molecular flexibility index (Phi) is 5.50. The smallest absolute Gasteiger partial charge is 0.352 e. The van der Waals surface area contributed by atoms with Crippen LogP contribution in [0.15, 0.2) is 17.2 Å². The first-order chi connectivity index (χ1) is 9.73. The molecule has 118 valence electrons. The van der Waals surface area contributed by atoms with E-state index in [-0.39, 0.29) is 17.1 Å². The standard InChI is InChI=1S/C12H18N2O6S/c1-4-5-14(8-11(15)20-3)21(18,19)9-6-10(12(16)17)13(2)7-9/h6-7H,4-5,8H2,1-3H3,(H,16,17). The summed E-state index contributed by atoms with van der Waals surface area (Å²) >= 11 is 0. The number of hydrogen-bond donors (Lipinski definition) is 1. The van der Waals surface area contributed by atoms with Crippen molar-refractivity contribution in [3.63, 3.8) is 0 Å². The third kappa shape index (κ3) is 3.82. The van der Waals surface area contributed by atoms with Gasteiger partial charge in [-0.2, -0.15) is 4.31 Å². The number of sulfonamides is 1. The van der Waals surface area contributed by atoms with Crippen LogP contribution in [-0.4, -0.2) is 54.5 Å². The van der Waals surface area contributed by atoms with Gasteiger partial charge in [0, 0.05) is 19.8 Å². The summed E-state index contributed by atoms with van der Waals surface area (Å²) in [4.78, 5) is 22.1. The number of ether oxygens (including phenoxy) is 1. The van der Waals surface area contributed by atoms with Gasteiger partial charge in [-0.3, -0.25) is 4.79 Å². The summed E-state index contributed by atoms with van der Waals surface area (Å²) in [5, 5.41) is 8.97. The Bertz CT molecular complexity index is 634. The average molecular weight is 318 g/mol. The van der Waals surface area contributed by atoms with Crippen LogP contribution in [0.1, 0.15) is 23.8 Å². The van der Waals surface area contributed by atoms with Gasteiger partial charge in [0.05, 0.1) is 7.11 Å². The summed E-state index contributed by atoms with van der Waals surface area (Å²) in [7, 11) is -1.35. The molecule has 1 heterocycles. The number of aryl methyl sites for hydroxylation is 1. The van der Waals surface area contributed by atoms with E-state index in [0.29, 0.717) is 6.42 Å². The molecule has 0 aliphatic rings. The lowest BCUT2D eigenvalue weighted by Crippen LogP contribution is -2.36. The van der Waals surface area contributed by atoms with Crippen LogP contribution in [0.3, 0.4) is 0 Å². The van der Waals surface area contributed by atoms with Crippen molar-refractivity contribution in [3.8, 4) is 0 Å². The predicted molar refractivity (Wildman–Crippen MR) is 73.4 cm³/mol. The zero-order valence-corrected chi connectivity index (χ0v) is 12.9. The Morgan fingerprint density at radius 1 is 1.43 bits per heavy atom. The molecule has 0 spiro atoms. The molecule has 9 heteroatoms. The van der Waals surface area contributed by atoms with Crippen molar-refractivity contribution in [2.45, 2.75) is 18.2 Å². The highest BCUT2D eigenvalue weighted by Gasteiger charge is 2.28. The molecule has 1 rings (SSSR count). The summed E-state index contributed by atoms with van der Waals surface area (Å²) < 4.78 is 31.6. The number of methoxy groups -OCH3 is 1. The number of carboxylic acid groups (broad SMARTS) is 1. The van der Waals surface area contributed by atoms with Gasteiger partial charge >= 0.3 is 11.9 Å². The zero-order chi connectivity index (χ0) is 16.2. The first-order valence-electron chi connectivity index (χ1n) is 6.20. The molecular weight excluding hydrogens is 300 g/mol. The molecule has 0 unspecified atom stereocenters. The fourth-order valence-electron chi connectivity index (χ4n) is 1.78. The van der Waals surface area contributed by atoms with Gasteiger partial charge in [0.15, 0.2) is 0 Å². The van der Waals surface area contributed by atoms with E-state index in [2.05, 4.69) is 4.74 Å². The van der Waals surface area contributed by atoms with Crippen molar-refractivity contribution in [1.82, 2.24) is 8.87 Å². The summed E-state index contributed by atoms with van der Waals surface area (Å²) in [6.45, 7) is 1.49. The molecule has 0 aliphatic heterocycles. The molecule has 0 amide bonds. The number of aromatic nitrogens is 1. The second-order valence-corrected chi connectivity index (χ2v) is 6.33. The van der Waals surface area contributed by atoms with E-state index < -0.39 is 28.5 Å². The number of hydrogen-bond acceptors (Lipinski definition) is 5. The van der Waals surface area contributed by atoms with Crippen LogP contribution in [0.2, 0.25) is 0 Å². The SMILES string of the molecule is CCCN(CC(=O)OC)S(=O)(=O)c1cc(C(=O)O)n(C)c1. The maximum absolute atomic E-state index is 12.5. The monoisotopic (exact) mass is 318 g/mol. The van der Waals surface area contributed by atoms with Gasteiger partial charge in [0.2, 0.25) is 10.0 Å². The topological polar surface area (TPSA) is 106 Å². The number of carbonyl (C=O) groups is 2. The molecule has 0 atom stereocenters. The number of carbonyl (C=O) groups excluding carboxylic acids is 1. The summed E-state index contributed by atoms with van der Waals surface area (Å²) in [6.07, 6.45) is 1.72. The average Bonchev–Trinajstić information content (AvgIpc) is 2.81. The largest absolute Gasteiger partial charge is 0.477 e. The van der Waals surface area contributed by atoms with Crippen molar-refractivity contribution in [2.24, 2.45) is 7.05 Å². The molecule has 1 aromatic rings. The third-order valence-electron chi connectivity index (χ3n) is 2.84. The van der Waals surface area contributed by atoms with Crippen molar-refractivity contribution < 1.29 is 27.9 Å². The Hall–Kier alpha value is -1.87. The van der Waals surface area contributed by atoms with Crippen LogP contribution in [0, 0.1) is 0 Å². The first-order valence-corrected chi connectivity index (χ1v) is 7.64. The van der Waals surface area contributed by atoms with Gasteiger partial charge in [0.1, 0.15) is 17.1 Å². The molecule has 0 bridgehead atoms. The van der Waals surface area contributed by atoms with E-state index in [1.54, 1.807) is 6.92 Å². The number of carboxylic acids is 1. The van der Waals surface area contributed by atoms with E-state index in [0.717, 1.165) is 10.4 Å². The lowest BCUT2D eigenvalue weighted by Gasteiger charge is -2.19. The Balaban J connectivity index is 3.19. The van der Waals surface area contributed by atoms with Gasteiger partial charge in [-0.15, -0.1) is 0 Å². The summed E-state index contributed by atoms with van der Waals surface area (Å²) in [6, 6.07) is 1.07. The number of aromatic carboxylic acids is 1. The van der Waals surface area contributed by atoms with Crippen LogP contribution in [0.4, 0.5) is 0 Å². The highest BCUT2D eigenvalue weighted by Crippen LogP contribution is 2.19. The minimum atomic E-state index is -3.96. The van der Waals surface area contributed by atoms with Crippen LogP contribution in [0.5, 0.6) is 0 Å². The molecular formula is C12H18N2O6S. The minimum Gasteiger partial charge on any atom is -0.477 e. The summed E-state index contributed by atoms with van der Waals surface area (Å²) in [5.41, 5.74) is -0.150. The number of nitrogens with zero attached hydrogens (tertiary/aromatic N) is 2. The first kappa shape index (κ1) is 17.2. The highest BCUT2D eigenvalue weighted by molar-refractivity contribution is 7.89. The van der Waals surface area contributed by atoms with E-state index in [1.165, 1.54) is 24.9 Å². The van der Waals surface area contributed by atoms with E-state index in [4.69, 9.17) is 5.11 Å². The molecule has 1 N–H and O–H groups in total. The molecule has 21 heavy (non-hydrogen) atoms. The van der Waals surface area contributed by atoms with Crippen molar-refractivity contribution in [3.05, 3.63) is 18.0 Å². The fourth-order valence-corrected chi connectivity index (χ4v) is 3.33. The Morgan fingerprint density at radius 2 is 2.05 bits per heavy atom. The van der Waals surface area contributed by atoms with Crippen molar-refractivity contribution in [1.29, 1.82) is 0 Å². The molecule has 1 aromatic heterocycles. The molecule has 0 saturated heterocycles. The zero-order valence-electron chi connectivity index (χ0n) is 12.1. The van der Waals surface area contributed by atoms with Crippen molar-refractivity contribution >= 4 is 22.0 Å². The van der Waals surface area contributed by atoms with Crippen LogP contribution in [0.25, 0.3) is 0 Å². The maximum Gasteiger partial charge on any atom is 0.352 e. The normalized spacial score (nSPS) is 11.6.